The molecule has 36 heavy (non-hydrogen) atoms. The minimum atomic E-state index is -0.610. The second kappa shape index (κ2) is 10.7. The second-order valence-corrected chi connectivity index (χ2v) is 10.2. The van der Waals surface area contributed by atoms with Gasteiger partial charge in [0.2, 0.25) is 5.91 Å². The Labute approximate surface area is 219 Å². The van der Waals surface area contributed by atoms with Gasteiger partial charge in [0.05, 0.1) is 22.5 Å². The molecule has 0 aliphatic carbocycles. The number of para-hydroxylation sites is 1. The predicted molar refractivity (Wildman–Crippen MR) is 147 cm³/mol. The first kappa shape index (κ1) is 24.3. The lowest BCUT2D eigenvalue weighted by Gasteiger charge is -2.23. The Hall–Kier alpha value is -3.42. The molecule has 0 saturated carbocycles. The summed E-state index contributed by atoms with van der Waals surface area (Å²) in [5.74, 6) is -0.611. The van der Waals surface area contributed by atoms with Crippen LogP contribution in [0.15, 0.2) is 89.0 Å². The first-order chi connectivity index (χ1) is 17.5. The Morgan fingerprint density at radius 1 is 1.06 bits per heavy atom. The van der Waals surface area contributed by atoms with Crippen molar-refractivity contribution >= 4 is 51.7 Å². The second-order valence-electron chi connectivity index (χ2n) is 8.64. The normalized spacial score (nSPS) is 19.3. The van der Waals surface area contributed by atoms with Gasteiger partial charge in [-0.1, -0.05) is 97.0 Å². The molecule has 0 radical (unpaired) electrons. The lowest BCUT2D eigenvalue weighted by Crippen LogP contribution is -2.25. The van der Waals surface area contributed by atoms with E-state index in [2.05, 4.69) is 41.5 Å². The monoisotopic (exact) mass is 516 g/mol. The molecule has 0 fully saturated rings. The average molecular weight is 517 g/mol. The van der Waals surface area contributed by atoms with Gasteiger partial charge in [-0.05, 0) is 35.2 Å². The number of carbonyl (C=O) groups excluding carboxylic acids is 2. The number of anilines is 1. The number of benzene rings is 3. The number of rotatable bonds is 6. The maximum Gasteiger partial charge on any atom is 0.262 e. The van der Waals surface area contributed by atoms with Gasteiger partial charge < -0.3 is 5.32 Å². The molecule has 0 bridgehead atoms. The number of hydrazone groups is 1. The van der Waals surface area contributed by atoms with Gasteiger partial charge in [-0.2, -0.15) is 10.1 Å². The van der Waals surface area contributed by atoms with Crippen molar-refractivity contribution < 1.29 is 9.59 Å². The van der Waals surface area contributed by atoms with Gasteiger partial charge in [0.15, 0.2) is 5.17 Å². The SMILES string of the molecule is CCc1ccc([C@H]2CC(c3ccccc3)=NN2C2=NC(=O)[C@@H](CC(=O)Nc3ccccc3Cl)S2)cc1. The molecule has 0 saturated heterocycles. The van der Waals surface area contributed by atoms with Gasteiger partial charge in [0.1, 0.15) is 5.25 Å². The molecule has 3 aromatic carbocycles. The van der Waals surface area contributed by atoms with E-state index in [0.717, 1.165) is 23.3 Å². The van der Waals surface area contributed by atoms with Gasteiger partial charge in [-0.15, -0.1) is 0 Å². The molecule has 8 heteroatoms. The number of nitrogens with zero attached hydrogens (tertiary/aromatic N) is 3. The Kier molecular flexibility index (Phi) is 7.20. The van der Waals surface area contributed by atoms with Gasteiger partial charge in [0.25, 0.3) is 5.91 Å². The first-order valence-electron chi connectivity index (χ1n) is 11.9. The lowest BCUT2D eigenvalue weighted by molar-refractivity contribution is -0.121. The Bertz CT molecular complexity index is 1340. The fraction of sp³-hybridized carbons (Fsp3) is 0.214. The molecule has 6 nitrogen and oxygen atoms in total. The third-order valence-corrected chi connectivity index (χ3v) is 7.71. The maximum absolute atomic E-state index is 12.8. The fourth-order valence-electron chi connectivity index (χ4n) is 4.26. The summed E-state index contributed by atoms with van der Waals surface area (Å²) in [6, 6.07) is 25.5. The van der Waals surface area contributed by atoms with Crippen LogP contribution in [0.5, 0.6) is 0 Å². The summed E-state index contributed by atoms with van der Waals surface area (Å²) in [5, 5.41) is 9.89. The van der Waals surface area contributed by atoms with Gasteiger partial charge in [0, 0.05) is 12.8 Å². The van der Waals surface area contributed by atoms with Crippen molar-refractivity contribution in [2.75, 3.05) is 5.32 Å². The molecule has 2 heterocycles. The first-order valence-corrected chi connectivity index (χ1v) is 13.1. The van der Waals surface area contributed by atoms with Crippen LogP contribution in [0.3, 0.4) is 0 Å². The topological polar surface area (TPSA) is 74.1 Å². The van der Waals surface area contributed by atoms with E-state index in [1.807, 2.05) is 35.3 Å². The number of hydrogen-bond acceptors (Lipinski definition) is 5. The number of thioether (sulfide) groups is 1. The van der Waals surface area contributed by atoms with Crippen molar-refractivity contribution in [3.63, 3.8) is 0 Å². The number of aryl methyl sites for hydroxylation is 1. The van der Waals surface area contributed by atoms with Gasteiger partial charge in [-0.3, -0.25) is 9.59 Å². The van der Waals surface area contributed by atoms with Crippen molar-refractivity contribution in [1.82, 2.24) is 5.01 Å². The zero-order chi connectivity index (χ0) is 25.1. The van der Waals surface area contributed by atoms with Crippen LogP contribution in [-0.4, -0.2) is 33.0 Å². The number of halogens is 1. The summed E-state index contributed by atoms with van der Waals surface area (Å²) < 4.78 is 0. The van der Waals surface area contributed by atoms with Crippen LogP contribution < -0.4 is 5.32 Å². The largest absolute Gasteiger partial charge is 0.325 e. The molecule has 2 aliphatic rings. The van der Waals surface area contributed by atoms with Crippen molar-refractivity contribution in [1.29, 1.82) is 0 Å². The van der Waals surface area contributed by atoms with E-state index in [1.165, 1.54) is 17.3 Å². The van der Waals surface area contributed by atoms with Crippen LogP contribution in [0.1, 0.15) is 42.5 Å². The van der Waals surface area contributed by atoms with Crippen LogP contribution >= 0.6 is 23.4 Å². The molecule has 1 N–H and O–H groups in total. The maximum atomic E-state index is 12.8. The number of nitrogens with one attached hydrogen (secondary N) is 1. The Morgan fingerprint density at radius 2 is 1.78 bits per heavy atom. The van der Waals surface area contributed by atoms with Crippen LogP contribution in [0.4, 0.5) is 5.69 Å². The lowest BCUT2D eigenvalue weighted by atomic mass is 9.97. The highest BCUT2D eigenvalue weighted by Gasteiger charge is 2.39. The Morgan fingerprint density at radius 3 is 2.50 bits per heavy atom. The van der Waals surface area contributed by atoms with E-state index >= 15 is 0 Å². The summed E-state index contributed by atoms with van der Waals surface area (Å²) in [6.07, 6.45) is 1.66. The molecule has 182 valence electrons. The summed E-state index contributed by atoms with van der Waals surface area (Å²) in [4.78, 5) is 29.8. The van der Waals surface area contributed by atoms with Crippen molar-refractivity contribution in [3.8, 4) is 0 Å². The predicted octanol–water partition coefficient (Wildman–Crippen LogP) is 6.08. The number of carbonyl (C=O) groups is 2. The fourth-order valence-corrected chi connectivity index (χ4v) is 5.51. The molecule has 5 rings (SSSR count). The summed E-state index contributed by atoms with van der Waals surface area (Å²) in [5.41, 5.74) is 4.88. The molecule has 2 amide bonds. The van der Waals surface area contributed by atoms with E-state index in [1.54, 1.807) is 24.3 Å². The van der Waals surface area contributed by atoms with E-state index in [-0.39, 0.29) is 24.3 Å². The molecule has 0 unspecified atom stereocenters. The van der Waals surface area contributed by atoms with Crippen molar-refractivity contribution in [2.45, 2.75) is 37.5 Å². The van der Waals surface area contributed by atoms with E-state index in [0.29, 0.717) is 22.3 Å². The third-order valence-electron chi connectivity index (χ3n) is 6.23. The van der Waals surface area contributed by atoms with Crippen LogP contribution in [0.2, 0.25) is 5.02 Å². The molecule has 2 aliphatic heterocycles. The Balaban J connectivity index is 1.35. The molecular formula is C28H25ClN4O2S. The standard InChI is InChI=1S/C28H25ClN4O2S/c1-2-18-12-14-20(15-13-18)24-16-23(19-8-4-3-5-9-19)32-33(24)28-31-27(35)25(36-28)17-26(34)30-22-11-7-6-10-21(22)29/h3-15,24-25H,2,16-17H2,1H3,(H,30,34)/t24-,25-/m1/s1. The number of aliphatic imine (C=N–C) groups is 1. The van der Waals surface area contributed by atoms with E-state index in [4.69, 9.17) is 16.7 Å². The highest BCUT2D eigenvalue weighted by Crippen LogP contribution is 2.38. The number of hydrogen-bond donors (Lipinski definition) is 1. The highest BCUT2D eigenvalue weighted by molar-refractivity contribution is 8.15. The molecule has 2 atom stereocenters. The minimum absolute atomic E-state index is 0.000678. The van der Waals surface area contributed by atoms with Crippen molar-refractivity contribution in [2.24, 2.45) is 10.1 Å². The highest BCUT2D eigenvalue weighted by atomic mass is 35.5. The summed E-state index contributed by atoms with van der Waals surface area (Å²) >= 11 is 7.44. The smallest absolute Gasteiger partial charge is 0.262 e. The summed E-state index contributed by atoms with van der Waals surface area (Å²) in [6.45, 7) is 2.13. The third kappa shape index (κ3) is 5.22. The minimum Gasteiger partial charge on any atom is -0.325 e. The molecular weight excluding hydrogens is 492 g/mol. The van der Waals surface area contributed by atoms with E-state index in [9.17, 15) is 9.59 Å². The molecule has 3 aromatic rings. The van der Waals surface area contributed by atoms with Crippen molar-refractivity contribution in [3.05, 3.63) is 101 Å². The average Bonchev–Trinajstić information content (AvgIpc) is 3.50. The zero-order valence-corrected chi connectivity index (χ0v) is 21.3. The van der Waals surface area contributed by atoms with Crippen LogP contribution in [0.25, 0.3) is 0 Å². The number of amidine groups is 1. The van der Waals surface area contributed by atoms with Crippen LogP contribution in [-0.2, 0) is 16.0 Å². The zero-order valence-electron chi connectivity index (χ0n) is 19.7. The molecule has 0 spiro atoms. The quantitative estimate of drug-likeness (QED) is 0.431. The number of amides is 2. The summed E-state index contributed by atoms with van der Waals surface area (Å²) in [7, 11) is 0. The van der Waals surface area contributed by atoms with Gasteiger partial charge >= 0.3 is 0 Å². The van der Waals surface area contributed by atoms with Crippen LogP contribution in [0, 0.1) is 0 Å². The van der Waals surface area contributed by atoms with E-state index < -0.39 is 5.25 Å². The van der Waals surface area contributed by atoms with Gasteiger partial charge in [-0.25, -0.2) is 5.01 Å². The molecule has 0 aromatic heterocycles.